The monoisotopic (exact) mass is 305 g/mol. The van der Waals surface area contributed by atoms with Crippen LogP contribution in [0.15, 0.2) is 29.2 Å². The molecule has 1 aromatic rings. The second kappa shape index (κ2) is 8.47. The first-order chi connectivity index (χ1) is 10.2. The van der Waals surface area contributed by atoms with Gasteiger partial charge in [-0.25, -0.2) is 0 Å². The number of hydrogen-bond acceptors (Lipinski definition) is 2. The Morgan fingerprint density at radius 1 is 1.10 bits per heavy atom. The number of thioether (sulfide) groups is 1. The van der Waals surface area contributed by atoms with E-state index in [4.69, 9.17) is 0 Å². The quantitative estimate of drug-likeness (QED) is 0.790. The van der Waals surface area contributed by atoms with Crippen LogP contribution in [-0.2, 0) is 0 Å². The van der Waals surface area contributed by atoms with E-state index in [2.05, 4.69) is 25.2 Å². The molecule has 1 fully saturated rings. The van der Waals surface area contributed by atoms with E-state index in [0.29, 0.717) is 11.3 Å². The Morgan fingerprint density at radius 2 is 1.71 bits per heavy atom. The van der Waals surface area contributed by atoms with Gasteiger partial charge < -0.3 is 5.32 Å². The van der Waals surface area contributed by atoms with Crippen LogP contribution in [0.4, 0.5) is 0 Å². The molecule has 0 aliphatic heterocycles. The summed E-state index contributed by atoms with van der Waals surface area (Å²) in [6, 6.07) is 8.32. The van der Waals surface area contributed by atoms with Crippen molar-refractivity contribution < 1.29 is 4.79 Å². The van der Waals surface area contributed by atoms with Crippen molar-refractivity contribution in [2.24, 2.45) is 0 Å². The minimum absolute atomic E-state index is 0.101. The van der Waals surface area contributed by atoms with Gasteiger partial charge in [0.05, 0.1) is 5.56 Å². The lowest BCUT2D eigenvalue weighted by Gasteiger charge is -2.21. The Labute approximate surface area is 133 Å². The van der Waals surface area contributed by atoms with E-state index >= 15 is 0 Å². The van der Waals surface area contributed by atoms with Gasteiger partial charge in [0, 0.05) is 16.2 Å². The fraction of sp³-hybridized carbons (Fsp3) is 0.611. The lowest BCUT2D eigenvalue weighted by atomic mass is 9.96. The highest BCUT2D eigenvalue weighted by Gasteiger charge is 2.17. The number of hydrogen-bond donors (Lipinski definition) is 1. The molecule has 2 rings (SSSR count). The van der Waals surface area contributed by atoms with Gasteiger partial charge in [-0.3, -0.25) is 4.79 Å². The van der Waals surface area contributed by atoms with Crippen LogP contribution in [0.2, 0.25) is 0 Å². The second-order valence-corrected chi connectivity index (χ2v) is 7.80. The highest BCUT2D eigenvalue weighted by molar-refractivity contribution is 8.00. The van der Waals surface area contributed by atoms with E-state index < -0.39 is 0 Å². The van der Waals surface area contributed by atoms with Crippen molar-refractivity contribution in [1.29, 1.82) is 0 Å². The molecule has 1 amide bonds. The second-order valence-electron chi connectivity index (χ2n) is 6.18. The van der Waals surface area contributed by atoms with E-state index in [9.17, 15) is 4.79 Å². The Bertz CT molecular complexity index is 450. The van der Waals surface area contributed by atoms with Gasteiger partial charge in [-0.2, -0.15) is 0 Å². The molecule has 0 atom stereocenters. The maximum absolute atomic E-state index is 12.6. The highest BCUT2D eigenvalue weighted by atomic mass is 32.2. The highest BCUT2D eigenvalue weighted by Crippen LogP contribution is 2.27. The van der Waals surface area contributed by atoms with Crippen LogP contribution in [0.1, 0.15) is 69.2 Å². The van der Waals surface area contributed by atoms with Crippen LogP contribution in [0, 0.1) is 0 Å². The molecule has 0 aromatic heterocycles. The smallest absolute Gasteiger partial charge is 0.252 e. The Balaban J connectivity index is 2.01. The van der Waals surface area contributed by atoms with Crippen molar-refractivity contribution in [2.45, 2.75) is 75.0 Å². The number of amides is 1. The summed E-state index contributed by atoms with van der Waals surface area (Å²) in [6.07, 6.45) is 8.73. The third-order valence-corrected chi connectivity index (χ3v) is 5.02. The first-order valence-electron chi connectivity index (χ1n) is 8.23. The molecule has 1 aromatic carbocycles. The van der Waals surface area contributed by atoms with Crippen LogP contribution < -0.4 is 5.32 Å². The minimum Gasteiger partial charge on any atom is -0.349 e. The molecule has 1 N–H and O–H groups in total. The maximum Gasteiger partial charge on any atom is 0.252 e. The van der Waals surface area contributed by atoms with Crippen molar-refractivity contribution >= 4 is 17.7 Å². The molecule has 0 bridgehead atoms. The largest absolute Gasteiger partial charge is 0.349 e. The topological polar surface area (TPSA) is 29.1 Å². The normalized spacial score (nSPS) is 17.3. The van der Waals surface area contributed by atoms with Gasteiger partial charge in [0.25, 0.3) is 5.91 Å². The molecular weight excluding hydrogens is 278 g/mol. The molecule has 3 heteroatoms. The summed E-state index contributed by atoms with van der Waals surface area (Å²) >= 11 is 1.76. The predicted octanol–water partition coefficient (Wildman–Crippen LogP) is 5.03. The van der Waals surface area contributed by atoms with E-state index in [1.807, 2.05) is 18.2 Å². The van der Waals surface area contributed by atoms with Crippen LogP contribution in [0.25, 0.3) is 0 Å². The van der Waals surface area contributed by atoms with E-state index in [-0.39, 0.29) is 5.91 Å². The van der Waals surface area contributed by atoms with Crippen molar-refractivity contribution in [3.8, 4) is 0 Å². The van der Waals surface area contributed by atoms with Crippen molar-refractivity contribution in [1.82, 2.24) is 5.32 Å². The third-order valence-electron chi connectivity index (χ3n) is 3.93. The fourth-order valence-corrected chi connectivity index (χ4v) is 3.83. The standard InChI is InChI=1S/C18H27NOS/c1-14(2)21-17-13-9-8-12-16(17)18(20)19-15-10-6-4-3-5-7-11-15/h8-9,12-15H,3-7,10-11H2,1-2H3,(H,19,20). The molecule has 21 heavy (non-hydrogen) atoms. The predicted molar refractivity (Wildman–Crippen MR) is 91.0 cm³/mol. The van der Waals surface area contributed by atoms with Crippen LogP contribution in [0.5, 0.6) is 0 Å². The van der Waals surface area contributed by atoms with E-state index in [0.717, 1.165) is 23.3 Å². The van der Waals surface area contributed by atoms with Crippen molar-refractivity contribution in [3.63, 3.8) is 0 Å². The lowest BCUT2D eigenvalue weighted by molar-refractivity contribution is 0.0927. The minimum atomic E-state index is 0.101. The lowest BCUT2D eigenvalue weighted by Crippen LogP contribution is -2.35. The molecule has 1 aliphatic rings. The number of nitrogens with one attached hydrogen (secondary N) is 1. The van der Waals surface area contributed by atoms with Gasteiger partial charge in [-0.05, 0) is 25.0 Å². The Kier molecular flexibility index (Phi) is 6.62. The molecule has 0 spiro atoms. The molecule has 1 saturated carbocycles. The SMILES string of the molecule is CC(C)Sc1ccccc1C(=O)NC1CCCCCCC1. The third kappa shape index (κ3) is 5.39. The number of carbonyl (C=O) groups is 1. The molecule has 0 radical (unpaired) electrons. The number of rotatable bonds is 4. The average molecular weight is 305 g/mol. The Morgan fingerprint density at radius 3 is 2.38 bits per heavy atom. The number of carbonyl (C=O) groups excluding carboxylic acids is 1. The van der Waals surface area contributed by atoms with E-state index in [1.165, 1.54) is 32.1 Å². The maximum atomic E-state index is 12.6. The van der Waals surface area contributed by atoms with Gasteiger partial charge in [0.1, 0.15) is 0 Å². The summed E-state index contributed by atoms with van der Waals surface area (Å²) in [7, 11) is 0. The van der Waals surface area contributed by atoms with Gasteiger partial charge in [0.15, 0.2) is 0 Å². The van der Waals surface area contributed by atoms with Crippen LogP contribution in [0.3, 0.4) is 0 Å². The van der Waals surface area contributed by atoms with Gasteiger partial charge >= 0.3 is 0 Å². The summed E-state index contributed by atoms with van der Waals surface area (Å²) in [6.45, 7) is 4.32. The summed E-state index contributed by atoms with van der Waals surface area (Å²) < 4.78 is 0. The first kappa shape index (κ1) is 16.4. The zero-order valence-corrected chi connectivity index (χ0v) is 14.0. The zero-order valence-electron chi connectivity index (χ0n) is 13.2. The molecule has 116 valence electrons. The Hall–Kier alpha value is -0.960. The molecule has 2 nitrogen and oxygen atoms in total. The van der Waals surface area contributed by atoms with Crippen molar-refractivity contribution in [2.75, 3.05) is 0 Å². The molecule has 1 aliphatic carbocycles. The van der Waals surface area contributed by atoms with Gasteiger partial charge in [-0.1, -0.05) is 58.1 Å². The molecule has 0 heterocycles. The van der Waals surface area contributed by atoms with Gasteiger partial charge in [0.2, 0.25) is 0 Å². The summed E-state index contributed by atoms with van der Waals surface area (Å²) in [5.41, 5.74) is 0.832. The molecule has 0 saturated heterocycles. The first-order valence-corrected chi connectivity index (χ1v) is 9.11. The van der Waals surface area contributed by atoms with Crippen LogP contribution in [-0.4, -0.2) is 17.2 Å². The summed E-state index contributed by atoms with van der Waals surface area (Å²) in [5, 5.41) is 3.75. The average Bonchev–Trinajstić information content (AvgIpc) is 2.41. The van der Waals surface area contributed by atoms with Crippen LogP contribution >= 0.6 is 11.8 Å². The fourth-order valence-electron chi connectivity index (χ4n) is 2.87. The van der Waals surface area contributed by atoms with Gasteiger partial charge in [-0.15, -0.1) is 11.8 Å². The van der Waals surface area contributed by atoms with Crippen molar-refractivity contribution in [3.05, 3.63) is 29.8 Å². The zero-order chi connectivity index (χ0) is 15.1. The summed E-state index contributed by atoms with van der Waals surface area (Å²) in [4.78, 5) is 13.7. The molecular formula is C18H27NOS. The van der Waals surface area contributed by atoms with E-state index in [1.54, 1.807) is 11.8 Å². The molecule has 0 unspecified atom stereocenters. The number of benzene rings is 1. The summed E-state index contributed by atoms with van der Waals surface area (Å²) in [5.74, 6) is 0.101.